The highest BCUT2D eigenvalue weighted by molar-refractivity contribution is 8.15. The quantitative estimate of drug-likeness (QED) is 0.154. The van der Waals surface area contributed by atoms with Crippen molar-refractivity contribution in [1.82, 2.24) is 14.9 Å². The molecular formula is C35H38FN3O5S. The van der Waals surface area contributed by atoms with E-state index in [2.05, 4.69) is 10.3 Å². The Morgan fingerprint density at radius 1 is 1.02 bits per heavy atom. The van der Waals surface area contributed by atoms with E-state index in [0.717, 1.165) is 11.8 Å². The molecule has 1 unspecified atom stereocenters. The molecule has 4 aromatic rings. The fourth-order valence-corrected chi connectivity index (χ4v) is 6.22. The van der Waals surface area contributed by atoms with Gasteiger partial charge in [0.2, 0.25) is 11.0 Å². The van der Waals surface area contributed by atoms with Gasteiger partial charge in [-0.3, -0.25) is 14.2 Å². The summed E-state index contributed by atoms with van der Waals surface area (Å²) in [6.45, 7) is 8.32. The molecule has 1 amide bonds. The number of hydrogen-bond acceptors (Lipinski definition) is 6. The summed E-state index contributed by atoms with van der Waals surface area (Å²) in [6.07, 6.45) is 1.07. The smallest absolute Gasteiger partial charge is 0.336 e. The molecule has 10 heteroatoms. The van der Waals surface area contributed by atoms with E-state index in [0.29, 0.717) is 59.1 Å². The van der Waals surface area contributed by atoms with Crippen molar-refractivity contribution in [3.63, 3.8) is 0 Å². The molecule has 0 bridgehead atoms. The zero-order valence-corrected chi connectivity index (χ0v) is 26.7. The third-order valence-corrected chi connectivity index (χ3v) is 8.39. The number of carbonyl (C=O) groups is 3. The zero-order valence-electron chi connectivity index (χ0n) is 25.9. The van der Waals surface area contributed by atoms with E-state index in [9.17, 15) is 19.5 Å². The average Bonchev–Trinajstić information content (AvgIpc) is 3.36. The van der Waals surface area contributed by atoms with E-state index < -0.39 is 17.0 Å². The molecule has 4 rings (SSSR count). The van der Waals surface area contributed by atoms with Crippen molar-refractivity contribution in [2.75, 3.05) is 6.61 Å². The number of nitrogens with zero attached hydrogens (tertiary/aromatic N) is 2. The van der Waals surface area contributed by atoms with Gasteiger partial charge in [0.05, 0.1) is 41.9 Å². The van der Waals surface area contributed by atoms with E-state index in [1.165, 1.54) is 12.1 Å². The molecule has 0 radical (unpaired) electrons. The number of nitrogens with one attached hydrogen (secondary N) is 1. The van der Waals surface area contributed by atoms with Gasteiger partial charge < -0.3 is 15.2 Å². The fraction of sp³-hybridized carbons (Fsp3) is 0.314. The van der Waals surface area contributed by atoms with Gasteiger partial charge in [-0.05, 0) is 48.9 Å². The lowest BCUT2D eigenvalue weighted by molar-refractivity contribution is -0.121. The molecule has 3 aromatic carbocycles. The molecule has 0 aliphatic rings. The molecule has 45 heavy (non-hydrogen) atoms. The molecule has 0 saturated heterocycles. The van der Waals surface area contributed by atoms with E-state index in [1.54, 1.807) is 59.2 Å². The van der Waals surface area contributed by atoms with Gasteiger partial charge in [-0.25, -0.2) is 9.18 Å². The van der Waals surface area contributed by atoms with Crippen molar-refractivity contribution in [2.24, 2.45) is 5.92 Å². The highest BCUT2D eigenvalue weighted by Crippen LogP contribution is 2.29. The standard InChI is InChI=1S/C35H38FN3O5S/c1-5-29-30(20-37-32(40)31(18-22(3)4)45-34(43)23-12-8-7-9-13-23)39(35(38-29)44-6-2)21-25-17-16-24(19-28(25)36)26-14-10-11-15-27(26)33(41)42/h7-17,19,22,31H,5-6,18,20-21H2,1-4H3,(H,37,40)(H,41,42). The minimum absolute atomic E-state index is 0.0803. The number of carbonyl (C=O) groups excluding carboxylic acids is 2. The number of aromatic nitrogens is 2. The third-order valence-electron chi connectivity index (χ3n) is 7.25. The van der Waals surface area contributed by atoms with Crippen molar-refractivity contribution in [3.8, 4) is 17.1 Å². The Morgan fingerprint density at radius 3 is 2.38 bits per heavy atom. The van der Waals surface area contributed by atoms with Crippen LogP contribution in [0.25, 0.3) is 11.1 Å². The van der Waals surface area contributed by atoms with Crippen LogP contribution in [0.2, 0.25) is 0 Å². The molecule has 0 aliphatic heterocycles. The first-order valence-corrected chi connectivity index (χ1v) is 15.9. The number of rotatable bonds is 14. The van der Waals surface area contributed by atoms with Gasteiger partial charge in [0.25, 0.3) is 6.01 Å². The van der Waals surface area contributed by atoms with Gasteiger partial charge in [0.1, 0.15) is 5.82 Å². The summed E-state index contributed by atoms with van der Waals surface area (Å²) in [4.78, 5) is 42.8. The fourth-order valence-electron chi connectivity index (χ4n) is 5.02. The van der Waals surface area contributed by atoms with Gasteiger partial charge in [-0.1, -0.05) is 93.2 Å². The topological polar surface area (TPSA) is 111 Å². The zero-order chi connectivity index (χ0) is 32.5. The highest BCUT2D eigenvalue weighted by atomic mass is 32.2. The van der Waals surface area contributed by atoms with Crippen LogP contribution in [0.3, 0.4) is 0 Å². The minimum Gasteiger partial charge on any atom is -0.478 e. The number of aryl methyl sites for hydroxylation is 1. The second-order valence-corrected chi connectivity index (χ2v) is 12.1. The summed E-state index contributed by atoms with van der Waals surface area (Å²) in [5.74, 6) is -1.68. The van der Waals surface area contributed by atoms with E-state index in [1.807, 2.05) is 33.8 Å². The maximum atomic E-state index is 15.6. The monoisotopic (exact) mass is 631 g/mol. The van der Waals surface area contributed by atoms with Crippen LogP contribution in [-0.4, -0.2) is 43.5 Å². The molecule has 1 atom stereocenters. The molecule has 2 N–H and O–H groups in total. The van der Waals surface area contributed by atoms with Crippen LogP contribution < -0.4 is 10.1 Å². The SMILES string of the molecule is CCOc1nc(CC)c(CNC(=O)C(CC(C)C)SC(=O)c2ccccc2)n1Cc1ccc(-c2ccccc2C(=O)O)cc1F. The lowest BCUT2D eigenvalue weighted by Crippen LogP contribution is -2.34. The molecular weight excluding hydrogens is 593 g/mol. The van der Waals surface area contributed by atoms with Crippen molar-refractivity contribution >= 4 is 28.8 Å². The Labute approximate surface area is 267 Å². The molecule has 1 heterocycles. The first kappa shape index (κ1) is 33.5. The predicted octanol–water partition coefficient (Wildman–Crippen LogP) is 7.00. The van der Waals surface area contributed by atoms with Crippen molar-refractivity contribution in [2.45, 2.75) is 58.9 Å². The molecule has 1 aromatic heterocycles. The van der Waals surface area contributed by atoms with Crippen LogP contribution >= 0.6 is 11.8 Å². The molecule has 0 spiro atoms. The number of carboxylic acids is 1. The van der Waals surface area contributed by atoms with E-state index in [-0.39, 0.29) is 35.6 Å². The molecule has 0 aliphatic carbocycles. The Balaban J connectivity index is 1.59. The summed E-state index contributed by atoms with van der Waals surface area (Å²) < 4.78 is 23.1. The molecule has 8 nitrogen and oxygen atoms in total. The van der Waals surface area contributed by atoms with Gasteiger partial charge in [-0.2, -0.15) is 4.98 Å². The average molecular weight is 632 g/mol. The number of imidazole rings is 1. The number of thioether (sulfide) groups is 1. The second kappa shape index (κ2) is 15.5. The maximum Gasteiger partial charge on any atom is 0.336 e. The van der Waals surface area contributed by atoms with Crippen molar-refractivity contribution in [3.05, 3.63) is 107 Å². The number of ether oxygens (including phenoxy) is 1. The predicted molar refractivity (Wildman–Crippen MR) is 174 cm³/mol. The first-order valence-electron chi connectivity index (χ1n) is 15.0. The largest absolute Gasteiger partial charge is 0.478 e. The minimum atomic E-state index is -1.09. The number of hydrogen-bond donors (Lipinski definition) is 2. The third kappa shape index (κ3) is 8.39. The van der Waals surface area contributed by atoms with E-state index in [4.69, 9.17) is 4.74 Å². The highest BCUT2D eigenvalue weighted by Gasteiger charge is 2.26. The molecule has 236 valence electrons. The molecule has 0 saturated carbocycles. The number of amides is 1. The second-order valence-electron chi connectivity index (χ2n) is 10.9. The summed E-state index contributed by atoms with van der Waals surface area (Å²) in [5.41, 5.74) is 3.23. The van der Waals surface area contributed by atoms with Gasteiger partial charge >= 0.3 is 5.97 Å². The van der Waals surface area contributed by atoms with Crippen LogP contribution in [0, 0.1) is 11.7 Å². The van der Waals surface area contributed by atoms with Crippen molar-refractivity contribution < 1.29 is 28.6 Å². The number of carboxylic acid groups (broad SMARTS) is 1. The van der Waals surface area contributed by atoms with Crippen LogP contribution in [0.4, 0.5) is 4.39 Å². The Hall–Kier alpha value is -4.44. The van der Waals surface area contributed by atoms with Crippen LogP contribution in [-0.2, 0) is 24.3 Å². The first-order chi connectivity index (χ1) is 21.6. The number of halogens is 1. The van der Waals surface area contributed by atoms with Crippen LogP contribution in [0.1, 0.15) is 71.8 Å². The van der Waals surface area contributed by atoms with Gasteiger partial charge in [0.15, 0.2) is 0 Å². The van der Waals surface area contributed by atoms with Crippen molar-refractivity contribution in [1.29, 1.82) is 0 Å². The maximum absolute atomic E-state index is 15.6. The summed E-state index contributed by atoms with van der Waals surface area (Å²) in [6, 6.07) is 20.3. The summed E-state index contributed by atoms with van der Waals surface area (Å²) >= 11 is 1.02. The normalized spacial score (nSPS) is 11.8. The Morgan fingerprint density at radius 2 is 1.73 bits per heavy atom. The number of aromatic carboxylic acids is 1. The molecule has 0 fully saturated rings. The summed E-state index contributed by atoms with van der Waals surface area (Å²) in [5, 5.41) is 11.8. The van der Waals surface area contributed by atoms with Gasteiger partial charge in [-0.15, -0.1) is 0 Å². The lowest BCUT2D eigenvalue weighted by Gasteiger charge is -2.19. The summed E-state index contributed by atoms with van der Waals surface area (Å²) in [7, 11) is 0. The lowest BCUT2D eigenvalue weighted by atomic mass is 9.98. The van der Waals surface area contributed by atoms with Crippen LogP contribution in [0.5, 0.6) is 6.01 Å². The number of benzene rings is 3. The Kier molecular flexibility index (Phi) is 11.5. The van der Waals surface area contributed by atoms with E-state index >= 15 is 4.39 Å². The Bertz CT molecular complexity index is 1650. The van der Waals surface area contributed by atoms with Gasteiger partial charge in [0, 0.05) is 11.1 Å². The van der Waals surface area contributed by atoms with Crippen LogP contribution in [0.15, 0.2) is 72.8 Å².